The van der Waals surface area contributed by atoms with E-state index < -0.39 is 21.4 Å². The third kappa shape index (κ3) is 3.24. The van der Waals surface area contributed by atoms with Crippen LogP contribution in [0.4, 0.5) is 0 Å². The van der Waals surface area contributed by atoms with Crippen LogP contribution in [0.3, 0.4) is 0 Å². The minimum Gasteiger partial charge on any atom is -0.351 e. The molecule has 8 heteroatoms. The molecule has 3 aromatic rings. The van der Waals surface area contributed by atoms with Gasteiger partial charge in [-0.25, -0.2) is 8.42 Å². The first-order valence-electron chi connectivity index (χ1n) is 6.90. The van der Waals surface area contributed by atoms with Crippen LogP contribution in [0.2, 0.25) is 5.02 Å². The third-order valence-electron chi connectivity index (χ3n) is 3.45. The van der Waals surface area contributed by atoms with Gasteiger partial charge in [-0.3, -0.25) is 9.78 Å². The third-order valence-corrected chi connectivity index (χ3v) is 5.60. The number of halogens is 2. The number of rotatable bonds is 4. The normalized spacial score (nSPS) is 11.8. The zero-order valence-corrected chi connectivity index (χ0v) is 15.7. The molecule has 24 heavy (non-hydrogen) atoms. The Bertz CT molecular complexity index is 1050. The van der Waals surface area contributed by atoms with Crippen molar-refractivity contribution in [3.8, 4) is 11.3 Å². The lowest BCUT2D eigenvalue weighted by Gasteiger charge is -2.05. The Labute approximate surface area is 152 Å². The quantitative estimate of drug-likeness (QED) is 0.641. The number of nitrogens with zero attached hydrogens (tertiary/aromatic N) is 1. The summed E-state index contributed by atoms with van der Waals surface area (Å²) < 4.78 is 23.7. The lowest BCUT2D eigenvalue weighted by atomic mass is 10.0. The smallest absolute Gasteiger partial charge is 0.194 e. The van der Waals surface area contributed by atoms with Crippen molar-refractivity contribution in [2.24, 2.45) is 0 Å². The van der Waals surface area contributed by atoms with Crippen molar-refractivity contribution in [3.63, 3.8) is 0 Å². The van der Waals surface area contributed by atoms with Crippen LogP contribution < -0.4 is 0 Å². The van der Waals surface area contributed by atoms with Gasteiger partial charge in [0.2, 0.25) is 0 Å². The summed E-state index contributed by atoms with van der Waals surface area (Å²) in [5.74, 6) is -1.09. The van der Waals surface area contributed by atoms with Gasteiger partial charge >= 0.3 is 0 Å². The Morgan fingerprint density at radius 1 is 1.29 bits per heavy atom. The van der Waals surface area contributed by atoms with Gasteiger partial charge < -0.3 is 4.98 Å². The van der Waals surface area contributed by atoms with Crippen molar-refractivity contribution in [3.05, 3.63) is 51.7 Å². The summed E-state index contributed by atoms with van der Waals surface area (Å²) in [7, 11) is -3.45. The highest BCUT2D eigenvalue weighted by atomic mass is 79.9. The largest absolute Gasteiger partial charge is 0.351 e. The molecule has 1 N–H and O–H groups in total. The molecule has 0 aliphatic rings. The van der Waals surface area contributed by atoms with Crippen molar-refractivity contribution >= 4 is 54.1 Å². The van der Waals surface area contributed by atoms with Gasteiger partial charge in [0, 0.05) is 33.4 Å². The topological polar surface area (TPSA) is 79.9 Å². The number of nitrogens with one attached hydrogen (secondary N) is 1. The number of hydrogen-bond donors (Lipinski definition) is 1. The number of pyridine rings is 1. The summed E-state index contributed by atoms with van der Waals surface area (Å²) in [6.07, 6.45) is 2.64. The molecule has 0 spiro atoms. The van der Waals surface area contributed by atoms with E-state index in [-0.39, 0.29) is 5.69 Å². The van der Waals surface area contributed by atoms with Gasteiger partial charge in [-0.15, -0.1) is 0 Å². The van der Waals surface area contributed by atoms with Gasteiger partial charge in [0.1, 0.15) is 5.75 Å². The van der Waals surface area contributed by atoms with Crippen LogP contribution in [0.15, 0.2) is 41.0 Å². The van der Waals surface area contributed by atoms with Crippen LogP contribution in [0, 0.1) is 0 Å². The van der Waals surface area contributed by atoms with Gasteiger partial charge in [0.25, 0.3) is 0 Å². The standard InChI is InChI=1S/C16H12BrClN2O3S/c1-24(22,23)8-12(21)16-14(10-4-2-3-7-19-10)13-11(20-16)6-5-9(18)15(13)17/h2-7,20H,8H2,1H3. The molecule has 1 aromatic carbocycles. The maximum Gasteiger partial charge on any atom is 0.194 e. The fourth-order valence-corrected chi connectivity index (χ4v) is 3.83. The van der Waals surface area contributed by atoms with E-state index >= 15 is 0 Å². The SMILES string of the molecule is CS(=O)(=O)CC(=O)c1[nH]c2ccc(Cl)c(Br)c2c1-c1ccccn1. The molecule has 0 saturated heterocycles. The molecule has 0 bridgehead atoms. The van der Waals surface area contributed by atoms with Crippen LogP contribution in [0.5, 0.6) is 0 Å². The number of ketones is 1. The van der Waals surface area contributed by atoms with E-state index in [1.54, 1.807) is 36.5 Å². The van der Waals surface area contributed by atoms with Gasteiger partial charge in [-0.1, -0.05) is 17.7 Å². The van der Waals surface area contributed by atoms with Gasteiger partial charge in [0.05, 0.1) is 16.4 Å². The minimum atomic E-state index is -3.45. The molecule has 0 atom stereocenters. The first kappa shape index (κ1) is 17.1. The predicted octanol–water partition coefficient (Wildman–Crippen LogP) is 3.87. The first-order valence-corrected chi connectivity index (χ1v) is 10.1. The Hall–Kier alpha value is -1.70. The second-order valence-electron chi connectivity index (χ2n) is 5.37. The molecule has 0 amide bonds. The Kier molecular flexibility index (Phi) is 4.50. The maximum absolute atomic E-state index is 12.5. The van der Waals surface area contributed by atoms with E-state index in [9.17, 15) is 13.2 Å². The van der Waals surface area contributed by atoms with Gasteiger partial charge in [0.15, 0.2) is 15.6 Å². The number of H-pyrrole nitrogens is 1. The molecule has 0 fully saturated rings. The number of benzene rings is 1. The molecule has 0 radical (unpaired) electrons. The van der Waals surface area contributed by atoms with Gasteiger partial charge in [-0.2, -0.15) is 0 Å². The molecule has 0 aliphatic carbocycles. The van der Waals surface area contributed by atoms with E-state index in [0.717, 1.165) is 6.26 Å². The van der Waals surface area contributed by atoms with E-state index in [1.807, 2.05) is 0 Å². The molecule has 0 aliphatic heterocycles. The monoisotopic (exact) mass is 426 g/mol. The number of carbonyl (C=O) groups is 1. The summed E-state index contributed by atoms with van der Waals surface area (Å²) in [4.78, 5) is 19.8. The fourth-order valence-electron chi connectivity index (χ4n) is 2.51. The molecule has 5 nitrogen and oxygen atoms in total. The fraction of sp³-hybridized carbons (Fsp3) is 0.125. The molecule has 2 heterocycles. The van der Waals surface area contributed by atoms with Crippen LogP contribution >= 0.6 is 27.5 Å². The maximum atomic E-state index is 12.5. The molecule has 0 saturated carbocycles. The van der Waals surface area contributed by atoms with E-state index in [0.29, 0.717) is 31.7 Å². The molecule has 0 unspecified atom stereocenters. The highest BCUT2D eigenvalue weighted by Gasteiger charge is 2.24. The number of hydrogen-bond acceptors (Lipinski definition) is 4. The number of Topliss-reactive ketones (excluding diaryl/α,β-unsaturated/α-hetero) is 1. The zero-order chi connectivity index (χ0) is 17.5. The highest BCUT2D eigenvalue weighted by Crippen LogP contribution is 2.39. The summed E-state index contributed by atoms with van der Waals surface area (Å²) >= 11 is 9.62. The van der Waals surface area contributed by atoms with Gasteiger partial charge in [-0.05, 0) is 40.2 Å². The van der Waals surface area contributed by atoms with Crippen molar-refractivity contribution < 1.29 is 13.2 Å². The number of fused-ring (bicyclic) bond motifs is 1. The lowest BCUT2D eigenvalue weighted by molar-refractivity contribution is 0.101. The van der Waals surface area contributed by atoms with E-state index in [4.69, 9.17) is 11.6 Å². The summed E-state index contributed by atoms with van der Waals surface area (Å²) in [5.41, 5.74) is 1.97. The molecule has 124 valence electrons. The summed E-state index contributed by atoms with van der Waals surface area (Å²) in [6, 6.07) is 8.75. The average molecular weight is 428 g/mol. The zero-order valence-electron chi connectivity index (χ0n) is 12.5. The second-order valence-corrected chi connectivity index (χ2v) is 8.71. The van der Waals surface area contributed by atoms with Crippen LogP contribution in [-0.4, -0.2) is 36.2 Å². The molecular formula is C16H12BrClN2O3S. The number of aromatic amines is 1. The number of carbonyl (C=O) groups excluding carboxylic acids is 1. The van der Waals surface area contributed by atoms with Crippen LogP contribution in [0.25, 0.3) is 22.2 Å². The number of sulfone groups is 1. The molecule has 2 aromatic heterocycles. The predicted molar refractivity (Wildman–Crippen MR) is 98.3 cm³/mol. The summed E-state index contributed by atoms with van der Waals surface area (Å²) in [6.45, 7) is 0. The Morgan fingerprint density at radius 3 is 2.67 bits per heavy atom. The minimum absolute atomic E-state index is 0.206. The summed E-state index contributed by atoms with van der Waals surface area (Å²) in [5, 5.41) is 1.18. The van der Waals surface area contributed by atoms with Crippen LogP contribution in [-0.2, 0) is 9.84 Å². The van der Waals surface area contributed by atoms with Crippen molar-refractivity contribution in [2.45, 2.75) is 0 Å². The average Bonchev–Trinajstić information content (AvgIpc) is 2.90. The second kappa shape index (κ2) is 6.31. The molecule has 3 rings (SSSR count). The van der Waals surface area contributed by atoms with E-state index in [1.165, 1.54) is 0 Å². The van der Waals surface area contributed by atoms with E-state index in [2.05, 4.69) is 25.9 Å². The highest BCUT2D eigenvalue weighted by molar-refractivity contribution is 9.10. The van der Waals surface area contributed by atoms with Crippen LogP contribution in [0.1, 0.15) is 10.5 Å². The number of aromatic nitrogens is 2. The van der Waals surface area contributed by atoms with Crippen molar-refractivity contribution in [1.29, 1.82) is 0 Å². The molecular weight excluding hydrogens is 416 g/mol. The van der Waals surface area contributed by atoms with Crippen molar-refractivity contribution in [2.75, 3.05) is 12.0 Å². The first-order chi connectivity index (χ1) is 11.3. The Balaban J connectivity index is 2.34. The Morgan fingerprint density at radius 2 is 2.04 bits per heavy atom. The lowest BCUT2D eigenvalue weighted by Crippen LogP contribution is -2.15. The van der Waals surface area contributed by atoms with Crippen molar-refractivity contribution in [1.82, 2.24) is 9.97 Å².